The first kappa shape index (κ1) is 15.7. The summed E-state index contributed by atoms with van der Waals surface area (Å²) in [6.07, 6.45) is 4.83. The zero-order valence-electron chi connectivity index (χ0n) is 12.5. The number of hydrogen-bond acceptors (Lipinski definition) is 1. The molecule has 1 amide bonds. The molecule has 0 aliphatic heterocycles. The van der Waals surface area contributed by atoms with Crippen molar-refractivity contribution in [2.24, 2.45) is 5.92 Å². The highest BCUT2D eigenvalue weighted by Gasteiger charge is 2.15. The van der Waals surface area contributed by atoms with Crippen LogP contribution in [0.3, 0.4) is 0 Å². The minimum atomic E-state index is -0.0649. The Labute approximate surface area is 117 Å². The van der Waals surface area contributed by atoms with E-state index >= 15 is 0 Å². The number of amides is 1. The van der Waals surface area contributed by atoms with Crippen LogP contribution in [-0.4, -0.2) is 12.5 Å². The number of benzene rings is 1. The van der Waals surface area contributed by atoms with E-state index in [2.05, 4.69) is 19.2 Å². The van der Waals surface area contributed by atoms with Crippen molar-refractivity contribution in [1.29, 1.82) is 0 Å². The molecule has 0 aliphatic rings. The lowest BCUT2D eigenvalue weighted by atomic mass is 9.97. The van der Waals surface area contributed by atoms with E-state index in [1.807, 2.05) is 37.3 Å². The van der Waals surface area contributed by atoms with Crippen LogP contribution in [0.1, 0.15) is 57.9 Å². The van der Waals surface area contributed by atoms with Crippen molar-refractivity contribution in [3.63, 3.8) is 0 Å². The second-order valence-electron chi connectivity index (χ2n) is 5.29. The lowest BCUT2D eigenvalue weighted by Gasteiger charge is -2.18. The number of carbonyl (C=O) groups excluding carboxylic acids is 1. The van der Waals surface area contributed by atoms with E-state index in [4.69, 9.17) is 0 Å². The second-order valence-corrected chi connectivity index (χ2v) is 5.29. The summed E-state index contributed by atoms with van der Waals surface area (Å²) in [5.74, 6) is 0.693. The Bertz CT molecular complexity index is 361. The van der Waals surface area contributed by atoms with Gasteiger partial charge in [-0.3, -0.25) is 4.79 Å². The van der Waals surface area contributed by atoms with Crippen molar-refractivity contribution in [3.05, 3.63) is 35.9 Å². The minimum absolute atomic E-state index is 0.0649. The fourth-order valence-corrected chi connectivity index (χ4v) is 2.23. The summed E-state index contributed by atoms with van der Waals surface area (Å²) in [4.78, 5) is 12.1. The average molecular weight is 261 g/mol. The first-order valence-electron chi connectivity index (χ1n) is 7.51. The standard InChI is InChI=1S/C17H27NO/c1-4-6-10-15(5-2)13-18-17(19)14(3)16-11-8-7-9-12-16/h7-9,11-12,14-15H,4-6,10,13H2,1-3H3,(H,18,19)/t14-,15-/m0/s1. The highest BCUT2D eigenvalue weighted by Crippen LogP contribution is 2.16. The first-order valence-corrected chi connectivity index (χ1v) is 7.51. The van der Waals surface area contributed by atoms with Gasteiger partial charge >= 0.3 is 0 Å². The number of nitrogens with one attached hydrogen (secondary N) is 1. The average Bonchev–Trinajstić information content (AvgIpc) is 2.47. The van der Waals surface area contributed by atoms with Gasteiger partial charge in [0.2, 0.25) is 5.91 Å². The van der Waals surface area contributed by atoms with Gasteiger partial charge in [-0.25, -0.2) is 0 Å². The number of carbonyl (C=O) groups is 1. The molecule has 0 aromatic heterocycles. The molecule has 1 aromatic rings. The monoisotopic (exact) mass is 261 g/mol. The molecule has 0 fully saturated rings. The zero-order valence-corrected chi connectivity index (χ0v) is 12.5. The Morgan fingerprint density at radius 2 is 1.89 bits per heavy atom. The fraction of sp³-hybridized carbons (Fsp3) is 0.588. The van der Waals surface area contributed by atoms with Gasteiger partial charge in [0.15, 0.2) is 0 Å². The Morgan fingerprint density at radius 1 is 1.21 bits per heavy atom. The van der Waals surface area contributed by atoms with Crippen LogP contribution in [0.15, 0.2) is 30.3 Å². The molecule has 2 nitrogen and oxygen atoms in total. The lowest BCUT2D eigenvalue weighted by Crippen LogP contribution is -2.32. The number of rotatable bonds is 8. The first-order chi connectivity index (χ1) is 9.19. The van der Waals surface area contributed by atoms with E-state index in [-0.39, 0.29) is 11.8 Å². The third-order valence-corrected chi connectivity index (χ3v) is 3.80. The minimum Gasteiger partial charge on any atom is -0.355 e. The van der Waals surface area contributed by atoms with E-state index in [0.717, 1.165) is 18.5 Å². The van der Waals surface area contributed by atoms with Crippen LogP contribution in [-0.2, 0) is 4.79 Å². The van der Waals surface area contributed by atoms with Gasteiger partial charge in [0.1, 0.15) is 0 Å². The summed E-state index contributed by atoms with van der Waals surface area (Å²) in [5.41, 5.74) is 1.08. The molecule has 2 atom stereocenters. The van der Waals surface area contributed by atoms with Crippen LogP contribution in [0.25, 0.3) is 0 Å². The highest BCUT2D eigenvalue weighted by atomic mass is 16.1. The van der Waals surface area contributed by atoms with Gasteiger partial charge in [-0.1, -0.05) is 63.4 Å². The molecular formula is C17H27NO. The Hall–Kier alpha value is -1.31. The van der Waals surface area contributed by atoms with E-state index in [0.29, 0.717) is 5.92 Å². The van der Waals surface area contributed by atoms with Crippen molar-refractivity contribution in [1.82, 2.24) is 5.32 Å². The van der Waals surface area contributed by atoms with E-state index in [1.165, 1.54) is 19.3 Å². The van der Waals surface area contributed by atoms with Crippen LogP contribution in [0.2, 0.25) is 0 Å². The van der Waals surface area contributed by atoms with Crippen molar-refractivity contribution in [2.45, 2.75) is 52.4 Å². The third kappa shape index (κ3) is 5.46. The van der Waals surface area contributed by atoms with Gasteiger partial charge in [0, 0.05) is 6.54 Å². The third-order valence-electron chi connectivity index (χ3n) is 3.80. The SMILES string of the molecule is CCCC[C@H](CC)CNC(=O)[C@@H](C)c1ccccc1. The van der Waals surface area contributed by atoms with E-state index < -0.39 is 0 Å². The lowest BCUT2D eigenvalue weighted by molar-refractivity contribution is -0.122. The maximum Gasteiger partial charge on any atom is 0.227 e. The molecule has 106 valence electrons. The normalized spacial score (nSPS) is 13.8. The van der Waals surface area contributed by atoms with Crippen molar-refractivity contribution < 1.29 is 4.79 Å². The molecule has 1 rings (SSSR count). The van der Waals surface area contributed by atoms with Gasteiger partial charge in [-0.15, -0.1) is 0 Å². The predicted molar refractivity (Wildman–Crippen MR) is 81.2 cm³/mol. The van der Waals surface area contributed by atoms with Gasteiger partial charge in [-0.2, -0.15) is 0 Å². The van der Waals surface area contributed by atoms with Gasteiger partial charge in [-0.05, 0) is 24.8 Å². The summed E-state index contributed by atoms with van der Waals surface area (Å²) in [6, 6.07) is 9.97. The Kier molecular flexibility index (Phi) is 7.24. The van der Waals surface area contributed by atoms with Gasteiger partial charge < -0.3 is 5.32 Å². The van der Waals surface area contributed by atoms with Gasteiger partial charge in [0.25, 0.3) is 0 Å². The molecule has 0 spiro atoms. The Morgan fingerprint density at radius 3 is 2.47 bits per heavy atom. The molecule has 1 aromatic carbocycles. The maximum absolute atomic E-state index is 12.1. The van der Waals surface area contributed by atoms with E-state index in [1.54, 1.807) is 0 Å². The second kappa shape index (κ2) is 8.73. The topological polar surface area (TPSA) is 29.1 Å². The maximum atomic E-state index is 12.1. The molecule has 0 unspecified atom stereocenters. The Balaban J connectivity index is 2.42. The number of unbranched alkanes of at least 4 members (excludes halogenated alkanes) is 1. The molecule has 1 N–H and O–H groups in total. The molecule has 19 heavy (non-hydrogen) atoms. The molecule has 0 saturated carbocycles. The molecule has 0 saturated heterocycles. The van der Waals surface area contributed by atoms with Crippen LogP contribution in [0.4, 0.5) is 0 Å². The van der Waals surface area contributed by atoms with Crippen LogP contribution in [0, 0.1) is 5.92 Å². The molecule has 2 heteroatoms. The predicted octanol–water partition coefficient (Wildman–Crippen LogP) is 4.12. The van der Waals surface area contributed by atoms with Gasteiger partial charge in [0.05, 0.1) is 5.92 Å². The zero-order chi connectivity index (χ0) is 14.1. The summed E-state index contributed by atoms with van der Waals surface area (Å²) in [6.45, 7) is 7.19. The van der Waals surface area contributed by atoms with Crippen molar-refractivity contribution >= 4 is 5.91 Å². The number of hydrogen-bond donors (Lipinski definition) is 1. The quantitative estimate of drug-likeness (QED) is 0.749. The van der Waals surface area contributed by atoms with Crippen LogP contribution in [0.5, 0.6) is 0 Å². The fourth-order valence-electron chi connectivity index (χ4n) is 2.23. The molecule has 0 radical (unpaired) electrons. The molecule has 0 heterocycles. The van der Waals surface area contributed by atoms with Crippen LogP contribution < -0.4 is 5.32 Å². The summed E-state index contributed by atoms with van der Waals surface area (Å²) < 4.78 is 0. The van der Waals surface area contributed by atoms with Crippen molar-refractivity contribution in [3.8, 4) is 0 Å². The highest BCUT2D eigenvalue weighted by molar-refractivity contribution is 5.83. The molecule has 0 bridgehead atoms. The largest absolute Gasteiger partial charge is 0.355 e. The smallest absolute Gasteiger partial charge is 0.227 e. The summed E-state index contributed by atoms with van der Waals surface area (Å²) in [7, 11) is 0. The molecular weight excluding hydrogens is 234 g/mol. The molecule has 0 aliphatic carbocycles. The van der Waals surface area contributed by atoms with Crippen LogP contribution >= 0.6 is 0 Å². The summed E-state index contributed by atoms with van der Waals surface area (Å²) >= 11 is 0. The van der Waals surface area contributed by atoms with E-state index in [9.17, 15) is 4.79 Å². The van der Waals surface area contributed by atoms with Crippen molar-refractivity contribution in [2.75, 3.05) is 6.54 Å². The summed E-state index contributed by atoms with van der Waals surface area (Å²) in [5, 5.41) is 3.10.